The fourth-order valence-electron chi connectivity index (χ4n) is 2.63. The number of aryl methyl sites for hydroxylation is 1. The lowest BCUT2D eigenvalue weighted by atomic mass is 10.0. The van der Waals surface area contributed by atoms with Crippen molar-refractivity contribution in [3.05, 3.63) is 29.3 Å². The smallest absolute Gasteiger partial charge is 0.338 e. The third-order valence-corrected chi connectivity index (χ3v) is 3.70. The van der Waals surface area contributed by atoms with Crippen molar-refractivity contribution in [2.45, 2.75) is 31.8 Å². The second kappa shape index (κ2) is 5.61. The van der Waals surface area contributed by atoms with Gasteiger partial charge in [0, 0.05) is 18.8 Å². The van der Waals surface area contributed by atoms with E-state index in [0.717, 1.165) is 44.5 Å². The van der Waals surface area contributed by atoms with E-state index in [1.165, 1.54) is 5.56 Å². The largest absolute Gasteiger partial charge is 0.459 e. The number of hydrogen-bond donors (Lipinski definition) is 1. The number of fused-ring (bicyclic) bond motifs is 1. The van der Waals surface area contributed by atoms with Crippen LogP contribution in [0.2, 0.25) is 0 Å². The number of hydrogen-bond acceptors (Lipinski definition) is 4. The van der Waals surface area contributed by atoms with E-state index in [1.54, 1.807) is 0 Å². The van der Waals surface area contributed by atoms with Crippen LogP contribution in [0.4, 0.5) is 5.69 Å². The molecule has 1 saturated heterocycles. The predicted molar refractivity (Wildman–Crippen MR) is 72.5 cm³/mol. The zero-order valence-electron chi connectivity index (χ0n) is 11.0. The fourth-order valence-corrected chi connectivity index (χ4v) is 2.63. The molecule has 19 heavy (non-hydrogen) atoms. The Bertz CT molecular complexity index is 466. The number of carbonyl (C=O) groups is 1. The highest BCUT2D eigenvalue weighted by Gasteiger charge is 2.19. The molecule has 2 aliphatic heterocycles. The number of benzene rings is 1. The molecule has 0 amide bonds. The van der Waals surface area contributed by atoms with Crippen LogP contribution >= 0.6 is 0 Å². The lowest BCUT2D eigenvalue weighted by molar-refractivity contribution is 0.0161. The van der Waals surface area contributed by atoms with Gasteiger partial charge in [-0.2, -0.15) is 0 Å². The Morgan fingerprint density at radius 1 is 1.42 bits per heavy atom. The topological polar surface area (TPSA) is 47.6 Å². The molecule has 102 valence electrons. The molecule has 2 heterocycles. The van der Waals surface area contributed by atoms with Gasteiger partial charge in [0.2, 0.25) is 0 Å². The van der Waals surface area contributed by atoms with Gasteiger partial charge in [-0.15, -0.1) is 0 Å². The first kappa shape index (κ1) is 12.5. The van der Waals surface area contributed by atoms with Crippen LogP contribution < -0.4 is 5.32 Å². The quantitative estimate of drug-likeness (QED) is 0.849. The van der Waals surface area contributed by atoms with Gasteiger partial charge in [0.15, 0.2) is 0 Å². The Hall–Kier alpha value is -1.55. The SMILES string of the molecule is O=C(OCC1CCCO1)c1ccc2c(c1)CCCN2. The number of carbonyl (C=O) groups excluding carboxylic acids is 1. The van der Waals surface area contributed by atoms with Gasteiger partial charge in [-0.3, -0.25) is 0 Å². The van der Waals surface area contributed by atoms with Crippen molar-refractivity contribution >= 4 is 11.7 Å². The molecule has 1 N–H and O–H groups in total. The van der Waals surface area contributed by atoms with Gasteiger partial charge < -0.3 is 14.8 Å². The fraction of sp³-hybridized carbons (Fsp3) is 0.533. The summed E-state index contributed by atoms with van der Waals surface area (Å²) in [6, 6.07) is 5.74. The summed E-state index contributed by atoms with van der Waals surface area (Å²) in [5, 5.41) is 3.33. The Kier molecular flexibility index (Phi) is 3.69. The predicted octanol–water partition coefficient (Wildman–Crippen LogP) is 2.38. The molecular formula is C15H19NO3. The highest BCUT2D eigenvalue weighted by atomic mass is 16.6. The van der Waals surface area contributed by atoms with Gasteiger partial charge in [0.1, 0.15) is 6.61 Å². The second-order valence-corrected chi connectivity index (χ2v) is 5.14. The number of rotatable bonds is 3. The van der Waals surface area contributed by atoms with Crippen molar-refractivity contribution in [1.82, 2.24) is 0 Å². The van der Waals surface area contributed by atoms with Gasteiger partial charge in [-0.1, -0.05) is 0 Å². The van der Waals surface area contributed by atoms with Crippen LogP contribution in [0.3, 0.4) is 0 Å². The van der Waals surface area contributed by atoms with E-state index in [-0.39, 0.29) is 12.1 Å². The molecule has 0 radical (unpaired) electrons. The van der Waals surface area contributed by atoms with Gasteiger partial charge in [0.25, 0.3) is 0 Å². The molecule has 1 unspecified atom stereocenters. The molecule has 4 heteroatoms. The third-order valence-electron chi connectivity index (χ3n) is 3.70. The first-order valence-corrected chi connectivity index (χ1v) is 6.98. The lowest BCUT2D eigenvalue weighted by Gasteiger charge is -2.18. The van der Waals surface area contributed by atoms with Gasteiger partial charge >= 0.3 is 5.97 Å². The molecule has 3 rings (SSSR count). The number of nitrogens with one attached hydrogen (secondary N) is 1. The minimum atomic E-state index is -0.246. The maximum atomic E-state index is 12.0. The molecule has 1 aromatic rings. The summed E-state index contributed by atoms with van der Waals surface area (Å²) in [5.74, 6) is -0.246. The summed E-state index contributed by atoms with van der Waals surface area (Å²) in [4.78, 5) is 12.0. The number of anilines is 1. The molecule has 2 aliphatic rings. The Labute approximate surface area is 113 Å². The summed E-state index contributed by atoms with van der Waals surface area (Å²) < 4.78 is 10.8. The van der Waals surface area contributed by atoms with Gasteiger partial charge in [-0.05, 0) is 49.4 Å². The molecule has 0 bridgehead atoms. The van der Waals surface area contributed by atoms with E-state index in [4.69, 9.17) is 9.47 Å². The van der Waals surface area contributed by atoms with Crippen LogP contribution in [0.25, 0.3) is 0 Å². The summed E-state index contributed by atoms with van der Waals surface area (Å²) in [6.45, 7) is 2.16. The lowest BCUT2D eigenvalue weighted by Crippen LogP contribution is -2.18. The summed E-state index contributed by atoms with van der Waals surface area (Å²) in [5.41, 5.74) is 2.99. The number of esters is 1. The zero-order valence-corrected chi connectivity index (χ0v) is 11.0. The normalized spacial score (nSPS) is 21.6. The van der Waals surface area contributed by atoms with Crippen molar-refractivity contribution in [1.29, 1.82) is 0 Å². The molecule has 0 saturated carbocycles. The molecule has 4 nitrogen and oxygen atoms in total. The van der Waals surface area contributed by atoms with Crippen molar-refractivity contribution in [2.75, 3.05) is 25.1 Å². The van der Waals surface area contributed by atoms with E-state index < -0.39 is 0 Å². The van der Waals surface area contributed by atoms with Gasteiger partial charge in [0.05, 0.1) is 11.7 Å². The Balaban J connectivity index is 1.62. The van der Waals surface area contributed by atoms with Crippen LogP contribution in [0.15, 0.2) is 18.2 Å². The summed E-state index contributed by atoms with van der Waals surface area (Å²) in [6.07, 6.45) is 4.27. The average molecular weight is 261 g/mol. The molecule has 1 atom stereocenters. The minimum absolute atomic E-state index is 0.0863. The van der Waals surface area contributed by atoms with Crippen molar-refractivity contribution in [3.8, 4) is 0 Å². The maximum absolute atomic E-state index is 12.0. The van der Waals surface area contributed by atoms with Crippen LogP contribution in [-0.2, 0) is 15.9 Å². The first-order valence-electron chi connectivity index (χ1n) is 6.98. The van der Waals surface area contributed by atoms with Crippen molar-refractivity contribution < 1.29 is 14.3 Å². The molecule has 1 fully saturated rings. The first-order chi connectivity index (χ1) is 9.33. The van der Waals surface area contributed by atoms with E-state index in [0.29, 0.717) is 12.2 Å². The number of ether oxygens (including phenoxy) is 2. The molecule has 0 spiro atoms. The molecule has 1 aromatic carbocycles. The van der Waals surface area contributed by atoms with Crippen LogP contribution in [-0.4, -0.2) is 31.8 Å². The van der Waals surface area contributed by atoms with Crippen LogP contribution in [0.1, 0.15) is 35.2 Å². The highest BCUT2D eigenvalue weighted by Crippen LogP contribution is 2.23. The van der Waals surface area contributed by atoms with Crippen molar-refractivity contribution in [2.24, 2.45) is 0 Å². The Morgan fingerprint density at radius 3 is 3.21 bits per heavy atom. The highest BCUT2D eigenvalue weighted by molar-refractivity contribution is 5.90. The Morgan fingerprint density at radius 2 is 2.37 bits per heavy atom. The molecule has 0 aromatic heterocycles. The van der Waals surface area contributed by atoms with E-state index >= 15 is 0 Å². The van der Waals surface area contributed by atoms with Crippen molar-refractivity contribution in [3.63, 3.8) is 0 Å². The second-order valence-electron chi connectivity index (χ2n) is 5.14. The van der Waals surface area contributed by atoms with Crippen LogP contribution in [0.5, 0.6) is 0 Å². The summed E-state index contributed by atoms with van der Waals surface area (Å²) >= 11 is 0. The van der Waals surface area contributed by atoms with E-state index in [1.807, 2.05) is 18.2 Å². The van der Waals surface area contributed by atoms with Crippen LogP contribution in [0, 0.1) is 0 Å². The monoisotopic (exact) mass is 261 g/mol. The van der Waals surface area contributed by atoms with Gasteiger partial charge in [-0.25, -0.2) is 4.79 Å². The standard InChI is InChI=1S/C15H19NO3/c17-15(19-10-13-4-2-8-18-13)12-5-6-14-11(9-12)3-1-7-16-14/h5-6,9,13,16H,1-4,7-8,10H2. The average Bonchev–Trinajstić information content (AvgIpc) is 2.97. The third kappa shape index (κ3) is 2.89. The summed E-state index contributed by atoms with van der Waals surface area (Å²) in [7, 11) is 0. The molecular weight excluding hydrogens is 242 g/mol. The van der Waals surface area contributed by atoms with E-state index in [9.17, 15) is 4.79 Å². The zero-order chi connectivity index (χ0) is 13.1. The molecule has 0 aliphatic carbocycles. The minimum Gasteiger partial charge on any atom is -0.459 e. The van der Waals surface area contributed by atoms with E-state index in [2.05, 4.69) is 5.32 Å². The maximum Gasteiger partial charge on any atom is 0.338 e.